The number of rotatable bonds is 2. The third kappa shape index (κ3) is 2.83. The Morgan fingerprint density at radius 3 is 2.72 bits per heavy atom. The molecule has 5 nitrogen and oxygen atoms in total. The van der Waals surface area contributed by atoms with Gasteiger partial charge in [0.25, 0.3) is 0 Å². The summed E-state index contributed by atoms with van der Waals surface area (Å²) < 4.78 is 4.76. The van der Waals surface area contributed by atoms with Crippen molar-refractivity contribution < 1.29 is 14.3 Å². The zero-order chi connectivity index (χ0) is 13.1. The Bertz CT molecular complexity index is 332. The molecular weight excluding hydrogens is 232 g/mol. The topological polar surface area (TPSA) is 49.9 Å². The van der Waals surface area contributed by atoms with E-state index in [0.29, 0.717) is 18.5 Å². The molecule has 0 aromatic rings. The number of likely N-dealkylation sites (tertiary alicyclic amines) is 2. The molecule has 1 amide bonds. The third-order valence-corrected chi connectivity index (χ3v) is 4.15. The van der Waals surface area contributed by atoms with E-state index in [2.05, 4.69) is 4.90 Å². The van der Waals surface area contributed by atoms with Gasteiger partial charge in [0, 0.05) is 26.1 Å². The average molecular weight is 254 g/mol. The minimum atomic E-state index is -0.183. The number of amides is 1. The molecule has 0 bridgehead atoms. The first-order valence-corrected chi connectivity index (χ1v) is 6.68. The van der Waals surface area contributed by atoms with Crippen LogP contribution in [0.3, 0.4) is 0 Å². The Balaban J connectivity index is 2.05. The first kappa shape index (κ1) is 13.3. The van der Waals surface area contributed by atoms with Crippen LogP contribution in [0, 0.1) is 5.92 Å². The normalized spacial score (nSPS) is 28.7. The van der Waals surface area contributed by atoms with E-state index < -0.39 is 0 Å². The molecule has 2 fully saturated rings. The quantitative estimate of drug-likeness (QED) is 0.673. The predicted molar refractivity (Wildman–Crippen MR) is 67.0 cm³/mol. The van der Waals surface area contributed by atoms with Crippen molar-refractivity contribution in [1.29, 1.82) is 0 Å². The van der Waals surface area contributed by atoms with Gasteiger partial charge in [-0.3, -0.25) is 14.5 Å². The lowest BCUT2D eigenvalue weighted by Crippen LogP contribution is -2.43. The molecule has 102 valence electrons. The molecule has 2 aliphatic rings. The third-order valence-electron chi connectivity index (χ3n) is 4.15. The molecule has 0 spiro atoms. The van der Waals surface area contributed by atoms with Crippen molar-refractivity contribution in [1.82, 2.24) is 9.80 Å². The Labute approximate surface area is 108 Å². The van der Waals surface area contributed by atoms with Gasteiger partial charge in [-0.25, -0.2) is 0 Å². The van der Waals surface area contributed by atoms with E-state index in [1.165, 1.54) is 13.5 Å². The lowest BCUT2D eigenvalue weighted by Gasteiger charge is -2.28. The Morgan fingerprint density at radius 2 is 2.06 bits per heavy atom. The number of nitrogens with zero attached hydrogens (tertiary/aromatic N) is 2. The molecule has 0 radical (unpaired) electrons. The van der Waals surface area contributed by atoms with Crippen LogP contribution in [0.2, 0.25) is 0 Å². The maximum Gasteiger partial charge on any atom is 0.319 e. The molecule has 0 aliphatic carbocycles. The minimum absolute atomic E-state index is 0.140. The van der Waals surface area contributed by atoms with Crippen LogP contribution in [-0.2, 0) is 14.3 Å². The molecule has 18 heavy (non-hydrogen) atoms. The number of methoxy groups -OCH3 is 1. The minimum Gasteiger partial charge on any atom is -0.468 e. The van der Waals surface area contributed by atoms with E-state index in [-0.39, 0.29) is 11.9 Å². The van der Waals surface area contributed by atoms with E-state index >= 15 is 0 Å². The van der Waals surface area contributed by atoms with Crippen molar-refractivity contribution in [3.8, 4) is 0 Å². The van der Waals surface area contributed by atoms with Crippen LogP contribution in [-0.4, -0.2) is 61.0 Å². The van der Waals surface area contributed by atoms with Crippen LogP contribution < -0.4 is 0 Å². The molecule has 0 aromatic carbocycles. The molecule has 2 heterocycles. The van der Waals surface area contributed by atoms with Gasteiger partial charge in [0.1, 0.15) is 0 Å². The van der Waals surface area contributed by atoms with E-state index in [0.717, 1.165) is 32.5 Å². The Hall–Kier alpha value is -1.10. The van der Waals surface area contributed by atoms with Gasteiger partial charge in [-0.05, 0) is 25.3 Å². The summed E-state index contributed by atoms with van der Waals surface area (Å²) in [6, 6.07) is 0.329. The summed E-state index contributed by atoms with van der Waals surface area (Å²) in [5, 5.41) is 0. The smallest absolute Gasteiger partial charge is 0.319 e. The molecular formula is C13H22N2O3. The highest BCUT2D eigenvalue weighted by Crippen LogP contribution is 2.29. The number of carbonyl (C=O) groups excluding carboxylic acids is 2. The summed E-state index contributed by atoms with van der Waals surface area (Å²) in [5.41, 5.74) is 0. The van der Waals surface area contributed by atoms with E-state index in [9.17, 15) is 9.59 Å². The highest BCUT2D eigenvalue weighted by Gasteiger charge is 2.39. The number of esters is 1. The summed E-state index contributed by atoms with van der Waals surface area (Å²) in [7, 11) is 1.42. The number of ether oxygens (including phenoxy) is 1. The molecule has 0 aromatic heterocycles. The summed E-state index contributed by atoms with van der Waals surface area (Å²) in [4.78, 5) is 27.0. The van der Waals surface area contributed by atoms with E-state index in [1.807, 2.05) is 4.90 Å². The lowest BCUT2D eigenvalue weighted by molar-refractivity contribution is -0.142. The number of hydrogen-bond acceptors (Lipinski definition) is 4. The van der Waals surface area contributed by atoms with Gasteiger partial charge in [-0.1, -0.05) is 6.42 Å². The van der Waals surface area contributed by atoms with Crippen molar-refractivity contribution in [3.63, 3.8) is 0 Å². The zero-order valence-corrected chi connectivity index (χ0v) is 11.2. The van der Waals surface area contributed by atoms with Crippen LogP contribution in [0.4, 0.5) is 0 Å². The van der Waals surface area contributed by atoms with Gasteiger partial charge < -0.3 is 9.64 Å². The first-order chi connectivity index (χ1) is 8.61. The summed E-state index contributed by atoms with van der Waals surface area (Å²) >= 11 is 0. The van der Waals surface area contributed by atoms with Gasteiger partial charge >= 0.3 is 5.97 Å². The molecule has 0 unspecified atom stereocenters. The van der Waals surface area contributed by atoms with Crippen molar-refractivity contribution in [3.05, 3.63) is 0 Å². The summed E-state index contributed by atoms with van der Waals surface area (Å²) in [5.74, 6) is 0.471. The molecule has 0 N–H and O–H groups in total. The van der Waals surface area contributed by atoms with Gasteiger partial charge in [-0.15, -0.1) is 0 Å². The van der Waals surface area contributed by atoms with Gasteiger partial charge in [0.2, 0.25) is 5.91 Å². The largest absolute Gasteiger partial charge is 0.468 e. The van der Waals surface area contributed by atoms with Crippen molar-refractivity contribution in [2.45, 2.75) is 32.2 Å². The fraction of sp³-hybridized carbons (Fsp3) is 0.846. The average Bonchev–Trinajstić information content (AvgIpc) is 2.69. The van der Waals surface area contributed by atoms with E-state index in [4.69, 9.17) is 4.74 Å². The van der Waals surface area contributed by atoms with Gasteiger partial charge in [0.15, 0.2) is 0 Å². The predicted octanol–water partition coefficient (Wildman–Crippen LogP) is 0.492. The highest BCUT2D eigenvalue weighted by molar-refractivity contribution is 5.74. The Morgan fingerprint density at radius 1 is 1.28 bits per heavy atom. The Kier molecular flexibility index (Phi) is 4.22. The SMILES string of the molecule is COC(=O)CN1CCCC[C@H]2CN(C(C)=O)C[C@H]21. The second kappa shape index (κ2) is 5.69. The summed E-state index contributed by atoms with van der Waals surface area (Å²) in [6.07, 6.45) is 3.47. The molecule has 5 heteroatoms. The fourth-order valence-corrected chi connectivity index (χ4v) is 3.12. The molecule has 2 aliphatic heterocycles. The second-order valence-corrected chi connectivity index (χ2v) is 5.29. The van der Waals surface area contributed by atoms with Crippen molar-refractivity contribution in [2.75, 3.05) is 33.3 Å². The van der Waals surface area contributed by atoms with Crippen LogP contribution in [0.5, 0.6) is 0 Å². The number of carbonyl (C=O) groups is 2. The second-order valence-electron chi connectivity index (χ2n) is 5.29. The molecule has 2 saturated heterocycles. The maximum atomic E-state index is 11.5. The molecule has 2 atom stereocenters. The first-order valence-electron chi connectivity index (χ1n) is 6.68. The van der Waals surface area contributed by atoms with Gasteiger partial charge in [-0.2, -0.15) is 0 Å². The standard InChI is InChI=1S/C13H22N2O3/c1-10(16)15-7-11-5-3-4-6-14(12(11)8-15)9-13(17)18-2/h11-12H,3-9H2,1-2H3/t11-,12+/m0/s1. The van der Waals surface area contributed by atoms with Crippen molar-refractivity contribution in [2.24, 2.45) is 5.92 Å². The molecule has 0 saturated carbocycles. The fourth-order valence-electron chi connectivity index (χ4n) is 3.12. The highest BCUT2D eigenvalue weighted by atomic mass is 16.5. The zero-order valence-electron chi connectivity index (χ0n) is 11.2. The van der Waals surface area contributed by atoms with E-state index in [1.54, 1.807) is 6.92 Å². The van der Waals surface area contributed by atoms with Crippen LogP contribution in [0.25, 0.3) is 0 Å². The molecule has 2 rings (SSSR count). The summed E-state index contributed by atoms with van der Waals surface area (Å²) in [6.45, 7) is 4.51. The lowest BCUT2D eigenvalue weighted by atomic mass is 9.98. The van der Waals surface area contributed by atoms with Crippen molar-refractivity contribution >= 4 is 11.9 Å². The van der Waals surface area contributed by atoms with Crippen LogP contribution in [0.15, 0.2) is 0 Å². The van der Waals surface area contributed by atoms with Crippen LogP contribution >= 0.6 is 0 Å². The number of fused-ring (bicyclic) bond motifs is 1. The monoisotopic (exact) mass is 254 g/mol. The number of hydrogen-bond donors (Lipinski definition) is 0. The van der Waals surface area contributed by atoms with Gasteiger partial charge in [0.05, 0.1) is 13.7 Å². The maximum absolute atomic E-state index is 11.5. The van der Waals surface area contributed by atoms with Crippen LogP contribution in [0.1, 0.15) is 26.2 Å².